The molecule has 0 aliphatic heterocycles. The molecule has 0 saturated carbocycles. The molecule has 0 amide bonds. The zero-order chi connectivity index (χ0) is 11.0. The van der Waals surface area contributed by atoms with Gasteiger partial charge in [0.15, 0.2) is 0 Å². The topological polar surface area (TPSA) is 69.5 Å². The van der Waals surface area contributed by atoms with Crippen molar-refractivity contribution in [3.63, 3.8) is 0 Å². The Morgan fingerprint density at radius 3 is 3.00 bits per heavy atom. The fourth-order valence-corrected chi connectivity index (χ4v) is 1.73. The molecular formula is C10H6IN3O. The van der Waals surface area contributed by atoms with Gasteiger partial charge >= 0.3 is 0 Å². The number of nitrogens with one attached hydrogen (secondary N) is 1. The van der Waals surface area contributed by atoms with Crippen LogP contribution in [0.1, 0.15) is 11.3 Å². The number of hydrogen-bond donors (Lipinski definition) is 1. The van der Waals surface area contributed by atoms with Crippen LogP contribution in [0.5, 0.6) is 0 Å². The number of aryl methyl sites for hydroxylation is 1. The summed E-state index contributed by atoms with van der Waals surface area (Å²) in [4.78, 5) is 18.8. The zero-order valence-corrected chi connectivity index (χ0v) is 9.99. The summed E-state index contributed by atoms with van der Waals surface area (Å²) < 4.78 is 0.917. The van der Waals surface area contributed by atoms with Crippen LogP contribution in [0.4, 0.5) is 0 Å². The summed E-state index contributed by atoms with van der Waals surface area (Å²) in [6.45, 7) is 1.87. The van der Waals surface area contributed by atoms with E-state index in [-0.39, 0.29) is 11.0 Å². The second-order valence-corrected chi connectivity index (χ2v) is 4.26. The lowest BCUT2D eigenvalue weighted by atomic mass is 10.2. The third-order valence-corrected chi connectivity index (χ3v) is 3.21. The quantitative estimate of drug-likeness (QED) is 0.753. The number of aromatic nitrogens is 2. The fraction of sp³-hybridized carbons (Fsp3) is 0.100. The van der Waals surface area contributed by atoms with Gasteiger partial charge in [0, 0.05) is 9.77 Å². The third-order valence-electron chi connectivity index (χ3n) is 2.11. The Kier molecular flexibility index (Phi) is 2.44. The molecule has 0 unspecified atom stereocenters. The standard InChI is InChI=1S/C10H6IN3O/c1-5-8(11)2-7-9(15)6(3-12)4-13-10(7)14-5/h2,4H,1H3,(H,13,14,15). The van der Waals surface area contributed by atoms with Gasteiger partial charge in [0.05, 0.1) is 11.1 Å². The highest BCUT2D eigenvalue weighted by Crippen LogP contribution is 2.13. The normalized spacial score (nSPS) is 10.2. The highest BCUT2D eigenvalue weighted by atomic mass is 127. The second-order valence-electron chi connectivity index (χ2n) is 3.10. The molecule has 4 nitrogen and oxygen atoms in total. The number of nitriles is 1. The molecule has 0 aliphatic rings. The Bertz CT molecular complexity index is 639. The predicted octanol–water partition coefficient (Wildman–Crippen LogP) is 1.71. The smallest absolute Gasteiger partial charge is 0.208 e. The van der Waals surface area contributed by atoms with E-state index in [0.29, 0.717) is 11.0 Å². The summed E-state index contributed by atoms with van der Waals surface area (Å²) in [5, 5.41) is 9.17. The summed E-state index contributed by atoms with van der Waals surface area (Å²) >= 11 is 2.11. The maximum atomic E-state index is 11.7. The van der Waals surface area contributed by atoms with Crippen LogP contribution in [0.25, 0.3) is 11.0 Å². The maximum absolute atomic E-state index is 11.7. The molecule has 0 spiro atoms. The van der Waals surface area contributed by atoms with Crippen LogP contribution in [0.3, 0.4) is 0 Å². The molecule has 74 valence electrons. The average Bonchev–Trinajstić information content (AvgIpc) is 2.22. The Morgan fingerprint density at radius 1 is 1.60 bits per heavy atom. The Morgan fingerprint density at radius 2 is 2.33 bits per heavy atom. The lowest BCUT2D eigenvalue weighted by molar-refractivity contribution is 1.17. The molecule has 0 atom stereocenters. The zero-order valence-electron chi connectivity index (χ0n) is 7.84. The number of nitrogens with zero attached hydrogens (tertiary/aromatic N) is 2. The Hall–Kier alpha value is -1.42. The number of hydrogen-bond acceptors (Lipinski definition) is 3. The first-order valence-corrected chi connectivity index (χ1v) is 5.30. The van der Waals surface area contributed by atoms with Crippen molar-refractivity contribution in [3.05, 3.63) is 37.3 Å². The molecule has 0 aromatic carbocycles. The number of fused-ring (bicyclic) bond motifs is 1. The summed E-state index contributed by atoms with van der Waals surface area (Å²) in [7, 11) is 0. The molecule has 0 aliphatic carbocycles. The van der Waals surface area contributed by atoms with Crippen molar-refractivity contribution in [2.24, 2.45) is 0 Å². The number of pyridine rings is 2. The van der Waals surface area contributed by atoms with Gasteiger partial charge < -0.3 is 4.98 Å². The van der Waals surface area contributed by atoms with Crippen LogP contribution in [0.15, 0.2) is 17.1 Å². The first kappa shape index (κ1) is 10.1. The van der Waals surface area contributed by atoms with Crippen molar-refractivity contribution in [1.82, 2.24) is 9.97 Å². The van der Waals surface area contributed by atoms with Gasteiger partial charge in [-0.25, -0.2) is 4.98 Å². The average molecular weight is 311 g/mol. The van der Waals surface area contributed by atoms with Crippen LogP contribution in [-0.4, -0.2) is 9.97 Å². The minimum absolute atomic E-state index is 0.115. The molecule has 2 rings (SSSR count). The van der Waals surface area contributed by atoms with Crippen molar-refractivity contribution in [1.29, 1.82) is 5.26 Å². The van der Waals surface area contributed by atoms with E-state index in [9.17, 15) is 4.79 Å². The maximum Gasteiger partial charge on any atom is 0.208 e. The molecule has 5 heteroatoms. The lowest BCUT2D eigenvalue weighted by Crippen LogP contribution is -2.09. The van der Waals surface area contributed by atoms with E-state index in [4.69, 9.17) is 5.26 Å². The van der Waals surface area contributed by atoms with Crippen molar-refractivity contribution in [3.8, 4) is 6.07 Å². The molecule has 2 aromatic heterocycles. The van der Waals surface area contributed by atoms with Gasteiger partial charge in [0.2, 0.25) is 5.43 Å². The molecule has 2 heterocycles. The van der Waals surface area contributed by atoms with E-state index < -0.39 is 0 Å². The summed E-state index contributed by atoms with van der Waals surface area (Å²) in [5.41, 5.74) is 1.24. The Balaban J connectivity index is 2.96. The van der Waals surface area contributed by atoms with Gasteiger partial charge in [-0.15, -0.1) is 0 Å². The van der Waals surface area contributed by atoms with E-state index in [1.807, 2.05) is 13.0 Å². The van der Waals surface area contributed by atoms with E-state index in [0.717, 1.165) is 9.26 Å². The summed E-state index contributed by atoms with van der Waals surface area (Å²) in [6, 6.07) is 3.60. The molecule has 1 N–H and O–H groups in total. The van der Waals surface area contributed by atoms with Crippen LogP contribution in [-0.2, 0) is 0 Å². The van der Waals surface area contributed by atoms with E-state index in [1.54, 1.807) is 6.07 Å². The molecule has 0 saturated heterocycles. The van der Waals surface area contributed by atoms with Gasteiger partial charge in [-0.05, 0) is 35.6 Å². The summed E-state index contributed by atoms with van der Waals surface area (Å²) in [5.74, 6) is 0. The van der Waals surface area contributed by atoms with Crippen molar-refractivity contribution >= 4 is 33.6 Å². The molecule has 2 aromatic rings. The highest BCUT2D eigenvalue weighted by molar-refractivity contribution is 14.1. The van der Waals surface area contributed by atoms with Crippen molar-refractivity contribution in [2.75, 3.05) is 0 Å². The van der Waals surface area contributed by atoms with Gasteiger partial charge in [0.25, 0.3) is 0 Å². The van der Waals surface area contributed by atoms with Crippen LogP contribution in [0, 0.1) is 21.8 Å². The van der Waals surface area contributed by atoms with E-state index in [2.05, 4.69) is 32.6 Å². The lowest BCUT2D eigenvalue weighted by Gasteiger charge is -2.01. The summed E-state index contributed by atoms with van der Waals surface area (Å²) in [6.07, 6.45) is 1.39. The monoisotopic (exact) mass is 311 g/mol. The number of H-pyrrole nitrogens is 1. The number of aromatic amines is 1. The molecular weight excluding hydrogens is 305 g/mol. The SMILES string of the molecule is Cc1nc2[nH]cc(C#N)c(=O)c2cc1I. The highest BCUT2D eigenvalue weighted by Gasteiger charge is 2.07. The third kappa shape index (κ3) is 1.61. The van der Waals surface area contributed by atoms with E-state index >= 15 is 0 Å². The molecule has 0 fully saturated rings. The van der Waals surface area contributed by atoms with Crippen LogP contribution >= 0.6 is 22.6 Å². The predicted molar refractivity (Wildman–Crippen MR) is 64.5 cm³/mol. The number of rotatable bonds is 0. The second kappa shape index (κ2) is 3.62. The molecule has 0 radical (unpaired) electrons. The minimum Gasteiger partial charge on any atom is -0.345 e. The first-order valence-electron chi connectivity index (χ1n) is 4.22. The largest absolute Gasteiger partial charge is 0.345 e. The number of halogens is 1. The minimum atomic E-state index is -0.267. The van der Waals surface area contributed by atoms with Gasteiger partial charge in [-0.2, -0.15) is 5.26 Å². The Labute approximate surface area is 99.1 Å². The molecule has 0 bridgehead atoms. The molecule has 15 heavy (non-hydrogen) atoms. The van der Waals surface area contributed by atoms with Gasteiger partial charge in [-0.1, -0.05) is 0 Å². The fourth-order valence-electron chi connectivity index (χ4n) is 1.30. The van der Waals surface area contributed by atoms with Crippen molar-refractivity contribution in [2.45, 2.75) is 6.92 Å². The first-order chi connectivity index (χ1) is 7.13. The van der Waals surface area contributed by atoms with E-state index in [1.165, 1.54) is 6.20 Å². The van der Waals surface area contributed by atoms with Gasteiger partial charge in [0.1, 0.15) is 17.3 Å². The van der Waals surface area contributed by atoms with Crippen LogP contribution < -0.4 is 5.43 Å². The van der Waals surface area contributed by atoms with Crippen molar-refractivity contribution < 1.29 is 0 Å². The van der Waals surface area contributed by atoms with Gasteiger partial charge in [-0.3, -0.25) is 4.79 Å². The van der Waals surface area contributed by atoms with Crippen LogP contribution in [0.2, 0.25) is 0 Å².